The molecule has 0 aliphatic carbocycles. The molecular weight excluding hydrogens is 359 g/mol. The van der Waals surface area contributed by atoms with Crippen molar-refractivity contribution in [3.63, 3.8) is 0 Å². The highest BCUT2D eigenvalue weighted by molar-refractivity contribution is 14.1. The Morgan fingerprint density at radius 1 is 1.57 bits per heavy atom. The molecule has 0 radical (unpaired) electrons. The van der Waals surface area contributed by atoms with Crippen LogP contribution >= 0.6 is 38.5 Å². The van der Waals surface area contributed by atoms with Crippen molar-refractivity contribution in [1.29, 1.82) is 0 Å². The molecule has 1 aromatic carbocycles. The van der Waals surface area contributed by atoms with E-state index in [0.29, 0.717) is 6.42 Å². The van der Waals surface area contributed by atoms with Gasteiger partial charge in [-0.25, -0.2) is 0 Å². The minimum Gasteiger partial charge on any atom is -0.469 e. The highest BCUT2D eigenvalue weighted by Gasteiger charge is 2.11. The molecule has 0 aliphatic heterocycles. The van der Waals surface area contributed by atoms with Gasteiger partial charge in [0.05, 0.1) is 13.5 Å². The fourth-order valence-corrected chi connectivity index (χ4v) is 2.28. The lowest BCUT2D eigenvalue weighted by molar-refractivity contribution is -0.139. The second-order valence-electron chi connectivity index (χ2n) is 2.89. The largest absolute Gasteiger partial charge is 0.469 e. The number of rotatable bonds is 2. The second kappa shape index (κ2) is 5.11. The number of carbonyl (C=O) groups excluding carboxylic acids is 1. The molecule has 1 aromatic rings. The van der Waals surface area contributed by atoms with Crippen LogP contribution in [-0.4, -0.2) is 13.1 Å². The van der Waals surface area contributed by atoms with Gasteiger partial charge in [-0.2, -0.15) is 0 Å². The van der Waals surface area contributed by atoms with Crippen LogP contribution in [0.15, 0.2) is 16.6 Å². The lowest BCUT2D eigenvalue weighted by Gasteiger charge is -2.08. The summed E-state index contributed by atoms with van der Waals surface area (Å²) in [6, 6.07) is 3.97. The van der Waals surface area contributed by atoms with Gasteiger partial charge in [0.2, 0.25) is 0 Å². The normalized spacial score (nSPS) is 10.0. The molecule has 1 rings (SSSR count). The summed E-state index contributed by atoms with van der Waals surface area (Å²) in [5, 5.41) is 0. The van der Waals surface area contributed by atoms with Gasteiger partial charge in [0.1, 0.15) is 0 Å². The molecule has 0 unspecified atom stereocenters. The maximum absolute atomic E-state index is 11.2. The van der Waals surface area contributed by atoms with Crippen LogP contribution in [-0.2, 0) is 16.0 Å². The molecular formula is C10H10BrIO2. The van der Waals surface area contributed by atoms with Gasteiger partial charge in [-0.05, 0) is 52.8 Å². The van der Waals surface area contributed by atoms with E-state index in [0.717, 1.165) is 19.2 Å². The molecule has 0 saturated heterocycles. The van der Waals surface area contributed by atoms with E-state index in [4.69, 9.17) is 0 Å². The van der Waals surface area contributed by atoms with Gasteiger partial charge in [0, 0.05) is 8.04 Å². The monoisotopic (exact) mass is 368 g/mol. The maximum Gasteiger partial charge on any atom is 0.310 e. The summed E-state index contributed by atoms with van der Waals surface area (Å²) in [4.78, 5) is 11.2. The molecule has 0 atom stereocenters. The Morgan fingerprint density at radius 2 is 2.21 bits per heavy atom. The number of esters is 1. The average Bonchev–Trinajstić information content (AvgIpc) is 2.18. The maximum atomic E-state index is 11.2. The number of benzene rings is 1. The Morgan fingerprint density at radius 3 is 2.79 bits per heavy atom. The minimum absolute atomic E-state index is 0.205. The Bertz CT molecular complexity index is 363. The SMILES string of the molecule is COC(=O)Cc1c(I)ccc(Br)c1C. The van der Waals surface area contributed by atoms with Crippen molar-refractivity contribution in [1.82, 2.24) is 0 Å². The summed E-state index contributed by atoms with van der Waals surface area (Å²) < 4.78 is 6.76. The number of carbonyl (C=O) groups is 1. The van der Waals surface area contributed by atoms with Gasteiger partial charge < -0.3 is 4.74 Å². The molecule has 0 N–H and O–H groups in total. The predicted molar refractivity (Wildman–Crippen MR) is 67.3 cm³/mol. The second-order valence-corrected chi connectivity index (χ2v) is 4.90. The van der Waals surface area contributed by atoms with Crippen molar-refractivity contribution in [2.24, 2.45) is 0 Å². The summed E-state index contributed by atoms with van der Waals surface area (Å²) in [5.41, 5.74) is 2.13. The van der Waals surface area contributed by atoms with E-state index in [2.05, 4.69) is 43.3 Å². The van der Waals surface area contributed by atoms with Gasteiger partial charge in [0.25, 0.3) is 0 Å². The Hall–Kier alpha value is -0.100. The fourth-order valence-electron chi connectivity index (χ4n) is 1.13. The molecule has 76 valence electrons. The standard InChI is InChI=1S/C10H10BrIO2/c1-6-7(5-10(13)14-2)9(12)4-3-8(6)11/h3-4H,5H2,1-2H3. The lowest BCUT2D eigenvalue weighted by atomic mass is 10.1. The van der Waals surface area contributed by atoms with Crippen molar-refractivity contribution in [3.8, 4) is 0 Å². The summed E-state index contributed by atoms with van der Waals surface area (Å²) in [5.74, 6) is -0.205. The first-order chi connectivity index (χ1) is 6.56. The van der Waals surface area contributed by atoms with E-state index < -0.39 is 0 Å². The summed E-state index contributed by atoms with van der Waals surface area (Å²) >= 11 is 5.66. The highest BCUT2D eigenvalue weighted by Crippen LogP contribution is 2.24. The van der Waals surface area contributed by atoms with Crippen molar-refractivity contribution < 1.29 is 9.53 Å². The Kier molecular flexibility index (Phi) is 4.37. The topological polar surface area (TPSA) is 26.3 Å². The van der Waals surface area contributed by atoms with E-state index in [1.165, 1.54) is 7.11 Å². The lowest BCUT2D eigenvalue weighted by Crippen LogP contribution is -2.07. The third-order valence-corrected chi connectivity index (χ3v) is 3.89. The summed E-state index contributed by atoms with van der Waals surface area (Å²) in [7, 11) is 1.41. The van der Waals surface area contributed by atoms with Gasteiger partial charge in [0.15, 0.2) is 0 Å². The van der Waals surface area contributed by atoms with E-state index in [9.17, 15) is 4.79 Å². The molecule has 0 aliphatic rings. The highest BCUT2D eigenvalue weighted by atomic mass is 127. The first-order valence-corrected chi connectivity index (χ1v) is 5.93. The third-order valence-electron chi connectivity index (χ3n) is 2.02. The number of halogens is 2. The molecule has 0 aromatic heterocycles. The van der Waals surface area contributed by atoms with E-state index in [-0.39, 0.29) is 5.97 Å². The first kappa shape index (κ1) is 12.0. The molecule has 4 heteroatoms. The molecule has 14 heavy (non-hydrogen) atoms. The number of hydrogen-bond donors (Lipinski definition) is 0. The summed E-state index contributed by atoms with van der Waals surface area (Å²) in [6.45, 7) is 1.99. The molecule has 0 heterocycles. The zero-order valence-electron chi connectivity index (χ0n) is 7.93. The van der Waals surface area contributed by atoms with Crippen LogP contribution in [0.2, 0.25) is 0 Å². The smallest absolute Gasteiger partial charge is 0.310 e. The van der Waals surface area contributed by atoms with Gasteiger partial charge in [-0.1, -0.05) is 15.9 Å². The van der Waals surface area contributed by atoms with Crippen LogP contribution < -0.4 is 0 Å². The number of methoxy groups -OCH3 is 1. The molecule has 2 nitrogen and oxygen atoms in total. The van der Waals surface area contributed by atoms with Crippen molar-refractivity contribution in [2.45, 2.75) is 13.3 Å². The van der Waals surface area contributed by atoms with Crippen LogP contribution in [0.25, 0.3) is 0 Å². The molecule has 0 bridgehead atoms. The molecule has 0 spiro atoms. The van der Waals surface area contributed by atoms with E-state index >= 15 is 0 Å². The molecule has 0 saturated carbocycles. The van der Waals surface area contributed by atoms with Crippen molar-refractivity contribution >= 4 is 44.5 Å². The number of ether oxygens (including phenoxy) is 1. The van der Waals surface area contributed by atoms with Crippen LogP contribution in [0.5, 0.6) is 0 Å². The van der Waals surface area contributed by atoms with E-state index in [1.54, 1.807) is 0 Å². The number of hydrogen-bond acceptors (Lipinski definition) is 2. The summed E-state index contributed by atoms with van der Waals surface area (Å²) in [6.07, 6.45) is 0.333. The zero-order chi connectivity index (χ0) is 10.7. The van der Waals surface area contributed by atoms with Crippen LogP contribution in [0.3, 0.4) is 0 Å². The Balaban J connectivity index is 3.06. The fraction of sp³-hybridized carbons (Fsp3) is 0.300. The minimum atomic E-state index is -0.205. The molecule has 0 amide bonds. The predicted octanol–water partition coefficient (Wildman–Crippen LogP) is 3.08. The van der Waals surface area contributed by atoms with Crippen molar-refractivity contribution in [3.05, 3.63) is 31.3 Å². The van der Waals surface area contributed by atoms with Gasteiger partial charge >= 0.3 is 5.97 Å². The molecule has 0 fully saturated rings. The first-order valence-electron chi connectivity index (χ1n) is 4.06. The van der Waals surface area contributed by atoms with Crippen molar-refractivity contribution in [2.75, 3.05) is 7.11 Å². The van der Waals surface area contributed by atoms with E-state index in [1.807, 2.05) is 19.1 Å². The van der Waals surface area contributed by atoms with Crippen LogP contribution in [0.4, 0.5) is 0 Å². The average molecular weight is 369 g/mol. The quantitative estimate of drug-likeness (QED) is 0.592. The Labute approximate surface area is 105 Å². The van der Waals surface area contributed by atoms with Gasteiger partial charge in [-0.15, -0.1) is 0 Å². The van der Waals surface area contributed by atoms with Gasteiger partial charge in [-0.3, -0.25) is 4.79 Å². The van der Waals surface area contributed by atoms with Crippen LogP contribution in [0.1, 0.15) is 11.1 Å². The zero-order valence-corrected chi connectivity index (χ0v) is 11.7. The third kappa shape index (κ3) is 2.70. The van der Waals surface area contributed by atoms with Crippen LogP contribution in [0, 0.1) is 10.5 Å².